The van der Waals surface area contributed by atoms with Crippen LogP contribution in [0, 0.1) is 0 Å². The van der Waals surface area contributed by atoms with Gasteiger partial charge in [0.25, 0.3) is 18.1 Å². The highest BCUT2D eigenvalue weighted by molar-refractivity contribution is 8.14. The van der Waals surface area contributed by atoms with Crippen LogP contribution in [-0.4, -0.2) is 22.9 Å². The van der Waals surface area contributed by atoms with Crippen molar-refractivity contribution in [1.29, 1.82) is 0 Å². The van der Waals surface area contributed by atoms with Crippen molar-refractivity contribution < 1.29 is 21.6 Å². The molecule has 0 spiro atoms. The molecule has 0 bridgehead atoms. The smallest absolute Gasteiger partial charge is 0.308 e. The number of rotatable bonds is 4. The normalized spacial score (nSPS) is 11.8. The molecule has 11 heteroatoms. The molecule has 0 atom stereocenters. The summed E-state index contributed by atoms with van der Waals surface area (Å²) in [6.07, 6.45) is 0. The maximum Gasteiger partial charge on any atom is 0.323 e. The highest BCUT2D eigenvalue weighted by Crippen LogP contribution is 2.19. The fourth-order valence-electron chi connectivity index (χ4n) is 1.70. The second kappa shape index (κ2) is 6.98. The van der Waals surface area contributed by atoms with Gasteiger partial charge in [0, 0.05) is 32.7 Å². The number of carbonyl (C=O) groups excluding carboxylic acids is 1. The Balaban J connectivity index is 2.03. The minimum Gasteiger partial charge on any atom is -0.308 e. The molecule has 2 aromatic rings. The Morgan fingerprint density at radius 3 is 1.21 bits per heavy atom. The summed E-state index contributed by atoms with van der Waals surface area (Å²) in [4.78, 5) is 11.7. The zero-order valence-electron chi connectivity index (χ0n) is 11.7. The van der Waals surface area contributed by atoms with Gasteiger partial charge in [-0.1, -0.05) is 0 Å². The highest BCUT2D eigenvalue weighted by atomic mass is 35.7. The lowest BCUT2D eigenvalue weighted by Gasteiger charge is -2.08. The van der Waals surface area contributed by atoms with Gasteiger partial charge in [-0.2, -0.15) is 0 Å². The van der Waals surface area contributed by atoms with Crippen LogP contribution in [-0.2, 0) is 18.1 Å². The van der Waals surface area contributed by atoms with Crippen LogP contribution < -0.4 is 10.6 Å². The number of urea groups is 1. The Labute approximate surface area is 147 Å². The van der Waals surface area contributed by atoms with Crippen molar-refractivity contribution in [3.8, 4) is 0 Å². The molecule has 0 radical (unpaired) electrons. The summed E-state index contributed by atoms with van der Waals surface area (Å²) in [5, 5.41) is 4.96. The van der Waals surface area contributed by atoms with E-state index in [1.54, 1.807) is 0 Å². The molecule has 0 aliphatic heterocycles. The molecule has 0 saturated heterocycles. The van der Waals surface area contributed by atoms with Crippen LogP contribution in [0.2, 0.25) is 0 Å². The number of halogens is 2. The zero-order chi connectivity index (χ0) is 18.0. The van der Waals surface area contributed by atoms with Crippen LogP contribution in [0.15, 0.2) is 58.3 Å². The summed E-state index contributed by atoms with van der Waals surface area (Å²) in [7, 11) is 2.72. The van der Waals surface area contributed by atoms with E-state index in [9.17, 15) is 21.6 Å². The van der Waals surface area contributed by atoms with Crippen molar-refractivity contribution >= 4 is 56.9 Å². The quantitative estimate of drug-likeness (QED) is 0.754. The van der Waals surface area contributed by atoms with Crippen molar-refractivity contribution in [1.82, 2.24) is 0 Å². The molecule has 2 rings (SSSR count). The Morgan fingerprint density at radius 1 is 0.667 bits per heavy atom. The van der Waals surface area contributed by atoms with Crippen LogP contribution in [0.3, 0.4) is 0 Å². The average Bonchev–Trinajstić information content (AvgIpc) is 2.46. The van der Waals surface area contributed by atoms with E-state index in [0.29, 0.717) is 11.4 Å². The first-order chi connectivity index (χ1) is 11.1. The lowest BCUT2D eigenvalue weighted by Crippen LogP contribution is -2.19. The third-order valence-corrected chi connectivity index (χ3v) is 5.53. The molecule has 2 aromatic carbocycles. The number of benzene rings is 2. The fraction of sp³-hybridized carbons (Fsp3) is 0. The molecule has 0 fully saturated rings. The van der Waals surface area contributed by atoms with E-state index in [4.69, 9.17) is 21.4 Å². The summed E-state index contributed by atoms with van der Waals surface area (Å²) in [5.74, 6) is 0. The van der Waals surface area contributed by atoms with Gasteiger partial charge in [0.2, 0.25) is 0 Å². The fourth-order valence-corrected chi connectivity index (χ4v) is 3.23. The van der Waals surface area contributed by atoms with E-state index < -0.39 is 24.1 Å². The van der Waals surface area contributed by atoms with Gasteiger partial charge in [0.05, 0.1) is 9.79 Å². The van der Waals surface area contributed by atoms with Gasteiger partial charge in [0.1, 0.15) is 0 Å². The Hall–Kier alpha value is -1.81. The van der Waals surface area contributed by atoms with Crippen LogP contribution in [0.1, 0.15) is 0 Å². The number of hydrogen-bond acceptors (Lipinski definition) is 5. The first kappa shape index (κ1) is 18.5. The van der Waals surface area contributed by atoms with E-state index >= 15 is 0 Å². The van der Waals surface area contributed by atoms with Crippen LogP contribution in [0.5, 0.6) is 0 Å². The van der Waals surface area contributed by atoms with E-state index in [1.807, 2.05) is 0 Å². The molecule has 24 heavy (non-hydrogen) atoms. The number of hydrogen-bond donors (Lipinski definition) is 2. The van der Waals surface area contributed by atoms with Crippen molar-refractivity contribution in [2.75, 3.05) is 10.6 Å². The van der Waals surface area contributed by atoms with Crippen molar-refractivity contribution in [3.05, 3.63) is 48.5 Å². The first-order valence-electron chi connectivity index (χ1n) is 6.23. The third kappa shape index (κ3) is 5.10. The zero-order valence-corrected chi connectivity index (χ0v) is 14.9. The van der Waals surface area contributed by atoms with Crippen molar-refractivity contribution in [3.63, 3.8) is 0 Å². The van der Waals surface area contributed by atoms with Gasteiger partial charge < -0.3 is 10.6 Å². The van der Waals surface area contributed by atoms with Crippen LogP contribution >= 0.6 is 21.4 Å². The number of carbonyl (C=O) groups is 1. The molecule has 128 valence electrons. The van der Waals surface area contributed by atoms with E-state index in [-0.39, 0.29) is 9.79 Å². The Morgan fingerprint density at radius 2 is 0.958 bits per heavy atom. The predicted molar refractivity (Wildman–Crippen MR) is 91.6 cm³/mol. The molecule has 0 aromatic heterocycles. The van der Waals surface area contributed by atoms with Gasteiger partial charge in [0.15, 0.2) is 0 Å². The van der Waals surface area contributed by atoms with Gasteiger partial charge in [-0.05, 0) is 48.5 Å². The average molecular weight is 409 g/mol. The minimum atomic E-state index is -3.83. The maximum atomic E-state index is 11.8. The number of anilines is 2. The molecule has 0 heterocycles. The molecule has 7 nitrogen and oxygen atoms in total. The molecular weight excluding hydrogens is 399 g/mol. The largest absolute Gasteiger partial charge is 0.323 e. The number of nitrogens with one attached hydrogen (secondary N) is 2. The lowest BCUT2D eigenvalue weighted by atomic mass is 10.3. The van der Waals surface area contributed by atoms with Crippen LogP contribution in [0.4, 0.5) is 16.2 Å². The lowest BCUT2D eigenvalue weighted by molar-refractivity contribution is 0.262. The maximum absolute atomic E-state index is 11.8. The highest BCUT2D eigenvalue weighted by Gasteiger charge is 2.11. The van der Waals surface area contributed by atoms with E-state index in [0.717, 1.165) is 0 Å². The molecular formula is C13H10Cl2N2O5S2. The van der Waals surface area contributed by atoms with Gasteiger partial charge >= 0.3 is 6.03 Å². The summed E-state index contributed by atoms with van der Waals surface area (Å²) in [5.41, 5.74) is 0.688. The van der Waals surface area contributed by atoms with Gasteiger partial charge in [-0.15, -0.1) is 0 Å². The molecule has 0 saturated carbocycles. The minimum absolute atomic E-state index is 0.0898. The van der Waals surface area contributed by atoms with Crippen molar-refractivity contribution in [2.45, 2.75) is 9.79 Å². The predicted octanol–water partition coefficient (Wildman–Crippen LogP) is 3.19. The topological polar surface area (TPSA) is 109 Å². The van der Waals surface area contributed by atoms with Crippen molar-refractivity contribution in [2.24, 2.45) is 0 Å². The first-order valence-corrected chi connectivity index (χ1v) is 10.8. The molecule has 0 unspecified atom stereocenters. The summed E-state index contributed by atoms with van der Waals surface area (Å²) < 4.78 is 44.5. The van der Waals surface area contributed by atoms with E-state index in [1.165, 1.54) is 48.5 Å². The van der Waals surface area contributed by atoms with Crippen LogP contribution in [0.25, 0.3) is 0 Å². The Kier molecular flexibility index (Phi) is 5.38. The molecule has 0 aliphatic rings. The molecule has 2 amide bonds. The summed E-state index contributed by atoms with van der Waals surface area (Å²) in [6, 6.07) is 9.89. The number of amides is 2. The summed E-state index contributed by atoms with van der Waals surface area (Å²) >= 11 is 0. The second-order valence-corrected chi connectivity index (χ2v) is 9.64. The monoisotopic (exact) mass is 408 g/mol. The molecule has 2 N–H and O–H groups in total. The standard InChI is InChI=1S/C13H10Cl2N2O5S2/c14-23(19,20)11-5-1-9(2-6-11)16-13(18)17-10-3-7-12(8-4-10)24(15,21)22/h1-8H,(H2,16,17,18). The Bertz CT molecular complexity index is 877. The summed E-state index contributed by atoms with van der Waals surface area (Å²) in [6.45, 7) is 0. The third-order valence-electron chi connectivity index (χ3n) is 2.79. The van der Waals surface area contributed by atoms with Gasteiger partial charge in [-0.25, -0.2) is 21.6 Å². The second-order valence-electron chi connectivity index (χ2n) is 4.50. The van der Waals surface area contributed by atoms with Gasteiger partial charge in [-0.3, -0.25) is 0 Å². The SMILES string of the molecule is O=C(Nc1ccc(S(=O)(=O)Cl)cc1)Nc1ccc(S(=O)(=O)Cl)cc1. The molecule has 0 aliphatic carbocycles. The van der Waals surface area contributed by atoms with E-state index in [2.05, 4.69) is 10.6 Å².